The molecular weight excluding hydrogens is 542 g/mol. The van der Waals surface area contributed by atoms with Crippen molar-refractivity contribution in [3.63, 3.8) is 0 Å². The van der Waals surface area contributed by atoms with Crippen LogP contribution in [-0.2, 0) is 28.8 Å². The molecule has 0 radical (unpaired) electrons. The van der Waals surface area contributed by atoms with Gasteiger partial charge < -0.3 is 19.5 Å². The van der Waals surface area contributed by atoms with Crippen LogP contribution in [0.3, 0.4) is 0 Å². The Morgan fingerprint density at radius 2 is 1.80 bits per heavy atom. The van der Waals surface area contributed by atoms with Gasteiger partial charge in [0.2, 0.25) is 5.91 Å². The van der Waals surface area contributed by atoms with E-state index < -0.39 is 17.3 Å². The Morgan fingerprint density at radius 3 is 2.49 bits per heavy atom. The number of likely N-dealkylation sites (tertiary alicyclic amines) is 1. The van der Waals surface area contributed by atoms with Crippen molar-refractivity contribution < 1.29 is 27.1 Å². The number of hydrogen-bond acceptors (Lipinski definition) is 6. The first-order chi connectivity index (χ1) is 19.6. The second-order valence-electron chi connectivity index (χ2n) is 10.9. The number of amides is 1. The van der Waals surface area contributed by atoms with E-state index in [1.54, 1.807) is 23.1 Å². The molecule has 2 aromatic rings. The number of nitrogens with zero attached hydrogens (tertiary/aromatic N) is 4. The number of carbonyl (C=O) groups excluding carboxylic acids is 1. The fourth-order valence-corrected chi connectivity index (χ4v) is 6.08. The van der Waals surface area contributed by atoms with Gasteiger partial charge in [0, 0.05) is 69.3 Å². The summed E-state index contributed by atoms with van der Waals surface area (Å²) in [5.74, 6) is -0.492. The molecular formula is C29H35F4N5O3. The standard InChI is InChI=1S/C29H35F4N5O3/c1-2-13-41-26-18-37(23-7-9-36(10-8-23)22-5-3-21(30)4-6-22)17-25(26)34-27(39)19-35-11-12-38-24(16-35)14-20(15-28(38)40)29(31,32)33/h2-6,14-15,23,25-26H,1,7-13,16-19H2,(H,34,39). The van der Waals surface area contributed by atoms with Gasteiger partial charge in [-0.25, -0.2) is 4.39 Å². The highest BCUT2D eigenvalue weighted by atomic mass is 19.4. The minimum Gasteiger partial charge on any atom is -0.371 e. The molecule has 222 valence electrons. The topological polar surface area (TPSA) is 70.1 Å². The zero-order chi connectivity index (χ0) is 29.1. The Morgan fingerprint density at radius 1 is 1.07 bits per heavy atom. The van der Waals surface area contributed by atoms with Crippen LogP contribution >= 0.6 is 0 Å². The molecule has 3 aliphatic heterocycles. The molecule has 2 fully saturated rings. The fraction of sp³-hybridized carbons (Fsp3) is 0.517. The molecule has 1 aromatic heterocycles. The molecule has 0 saturated carbocycles. The van der Waals surface area contributed by atoms with Crippen LogP contribution in [0.4, 0.5) is 23.2 Å². The Hall–Kier alpha value is -3.22. The van der Waals surface area contributed by atoms with E-state index in [0.717, 1.165) is 37.7 Å². The maximum absolute atomic E-state index is 13.3. The maximum Gasteiger partial charge on any atom is 0.416 e. The summed E-state index contributed by atoms with van der Waals surface area (Å²) >= 11 is 0. The number of hydrogen-bond donors (Lipinski definition) is 1. The van der Waals surface area contributed by atoms with Gasteiger partial charge >= 0.3 is 6.18 Å². The normalized spacial score (nSPS) is 22.5. The number of halogens is 4. The summed E-state index contributed by atoms with van der Waals surface area (Å²) < 4.78 is 60.3. The molecule has 0 aliphatic carbocycles. The molecule has 8 nitrogen and oxygen atoms in total. The summed E-state index contributed by atoms with van der Waals surface area (Å²) in [7, 11) is 0. The van der Waals surface area contributed by atoms with Crippen molar-refractivity contribution >= 4 is 11.6 Å². The second kappa shape index (κ2) is 12.3. The van der Waals surface area contributed by atoms with E-state index in [0.29, 0.717) is 38.3 Å². The molecule has 12 heteroatoms. The van der Waals surface area contributed by atoms with E-state index in [1.165, 1.54) is 16.7 Å². The van der Waals surface area contributed by atoms with Crippen LogP contribution in [-0.4, -0.2) is 84.3 Å². The van der Waals surface area contributed by atoms with Gasteiger partial charge in [0.05, 0.1) is 30.9 Å². The van der Waals surface area contributed by atoms with Gasteiger partial charge in [-0.3, -0.25) is 19.4 Å². The van der Waals surface area contributed by atoms with Crippen LogP contribution in [0, 0.1) is 5.82 Å². The first-order valence-corrected chi connectivity index (χ1v) is 13.9. The van der Waals surface area contributed by atoms with Crippen LogP contribution in [0.15, 0.2) is 53.8 Å². The van der Waals surface area contributed by atoms with Crippen molar-refractivity contribution in [3.05, 3.63) is 76.5 Å². The molecule has 1 amide bonds. The summed E-state index contributed by atoms with van der Waals surface area (Å²) in [5.41, 5.74) is -0.411. The summed E-state index contributed by atoms with van der Waals surface area (Å²) in [6.07, 6.45) is -1.30. The van der Waals surface area contributed by atoms with Gasteiger partial charge in [0.1, 0.15) is 5.82 Å². The number of nitrogens with one attached hydrogen (secondary N) is 1. The van der Waals surface area contributed by atoms with Gasteiger partial charge in [-0.15, -0.1) is 6.58 Å². The molecule has 0 spiro atoms. The van der Waals surface area contributed by atoms with Crippen molar-refractivity contribution in [2.45, 2.75) is 50.3 Å². The van der Waals surface area contributed by atoms with E-state index >= 15 is 0 Å². The third-order valence-electron chi connectivity index (χ3n) is 8.18. The highest BCUT2D eigenvalue weighted by Gasteiger charge is 2.39. The fourth-order valence-electron chi connectivity index (χ4n) is 6.08. The lowest BCUT2D eigenvalue weighted by atomic mass is 10.0. The molecule has 3 aliphatic rings. The average molecular weight is 578 g/mol. The number of aromatic nitrogens is 1. The second-order valence-corrected chi connectivity index (χ2v) is 10.9. The van der Waals surface area contributed by atoms with E-state index in [1.807, 2.05) is 0 Å². The number of alkyl halides is 3. The van der Waals surface area contributed by atoms with Gasteiger partial charge in [-0.2, -0.15) is 13.2 Å². The van der Waals surface area contributed by atoms with Crippen molar-refractivity contribution in [2.24, 2.45) is 0 Å². The number of carbonyl (C=O) groups is 1. The van der Waals surface area contributed by atoms with E-state index in [2.05, 4.69) is 21.7 Å². The number of fused-ring (bicyclic) bond motifs is 1. The zero-order valence-electron chi connectivity index (χ0n) is 22.8. The van der Waals surface area contributed by atoms with E-state index in [9.17, 15) is 27.2 Å². The Bertz CT molecular complexity index is 1290. The summed E-state index contributed by atoms with van der Waals surface area (Å²) in [6, 6.07) is 8.22. The molecule has 1 aromatic carbocycles. The predicted molar refractivity (Wildman–Crippen MR) is 146 cm³/mol. The SMILES string of the molecule is C=CCOC1CN(C2CCN(c3ccc(F)cc3)CC2)CC1NC(=O)CN1CCn2c(cc(C(F)(F)F)cc2=O)C1. The monoisotopic (exact) mass is 577 g/mol. The van der Waals surface area contributed by atoms with Crippen molar-refractivity contribution in [2.75, 3.05) is 50.8 Å². The summed E-state index contributed by atoms with van der Waals surface area (Å²) in [5, 5.41) is 3.09. The number of pyridine rings is 1. The Balaban J connectivity index is 1.17. The number of anilines is 1. The molecule has 4 heterocycles. The highest BCUT2D eigenvalue weighted by Crippen LogP contribution is 2.30. The minimum atomic E-state index is -4.61. The van der Waals surface area contributed by atoms with E-state index in [-0.39, 0.29) is 49.2 Å². The molecule has 1 N–H and O–H groups in total. The lowest BCUT2D eigenvalue weighted by Crippen LogP contribution is -2.49. The third-order valence-corrected chi connectivity index (χ3v) is 8.18. The molecule has 2 unspecified atom stereocenters. The maximum atomic E-state index is 13.3. The number of benzene rings is 1. The van der Waals surface area contributed by atoms with Crippen LogP contribution in [0.25, 0.3) is 0 Å². The summed E-state index contributed by atoms with van der Waals surface area (Å²) in [6.45, 7) is 7.75. The lowest BCUT2D eigenvalue weighted by molar-refractivity contribution is -0.138. The Labute approximate surface area is 236 Å². The quantitative estimate of drug-likeness (QED) is 0.385. The molecule has 41 heavy (non-hydrogen) atoms. The van der Waals surface area contributed by atoms with E-state index in [4.69, 9.17) is 4.74 Å². The van der Waals surface area contributed by atoms with Crippen molar-refractivity contribution in [1.29, 1.82) is 0 Å². The minimum absolute atomic E-state index is 0.00513. The molecule has 5 rings (SSSR count). The average Bonchev–Trinajstić information content (AvgIpc) is 3.33. The smallest absolute Gasteiger partial charge is 0.371 e. The lowest BCUT2D eigenvalue weighted by Gasteiger charge is -2.38. The first kappa shape index (κ1) is 29.3. The van der Waals surface area contributed by atoms with Crippen molar-refractivity contribution in [3.8, 4) is 0 Å². The first-order valence-electron chi connectivity index (χ1n) is 13.9. The third kappa shape index (κ3) is 6.99. The molecule has 0 bridgehead atoms. The zero-order valence-corrected chi connectivity index (χ0v) is 22.8. The van der Waals surface area contributed by atoms with Crippen molar-refractivity contribution in [1.82, 2.24) is 19.7 Å². The number of ether oxygens (including phenoxy) is 1. The van der Waals surface area contributed by atoms with Gasteiger partial charge in [0.25, 0.3) is 5.56 Å². The van der Waals surface area contributed by atoms with Gasteiger partial charge in [-0.1, -0.05) is 6.08 Å². The Kier molecular flexibility index (Phi) is 8.81. The van der Waals surface area contributed by atoms with Crippen LogP contribution in [0.2, 0.25) is 0 Å². The summed E-state index contributed by atoms with van der Waals surface area (Å²) in [4.78, 5) is 31.6. The van der Waals surface area contributed by atoms with Gasteiger partial charge in [-0.05, 0) is 43.2 Å². The van der Waals surface area contributed by atoms with Crippen LogP contribution in [0.1, 0.15) is 24.1 Å². The highest BCUT2D eigenvalue weighted by molar-refractivity contribution is 5.78. The largest absolute Gasteiger partial charge is 0.416 e. The molecule has 2 atom stereocenters. The molecule has 2 saturated heterocycles. The van der Waals surface area contributed by atoms with Crippen LogP contribution in [0.5, 0.6) is 0 Å². The van der Waals surface area contributed by atoms with Gasteiger partial charge in [0.15, 0.2) is 0 Å². The predicted octanol–water partition coefficient (Wildman–Crippen LogP) is 2.86. The van der Waals surface area contributed by atoms with Crippen LogP contribution < -0.4 is 15.8 Å². The number of rotatable bonds is 8. The number of piperidine rings is 1.